The quantitative estimate of drug-likeness (QED) is 0.563. The van der Waals surface area contributed by atoms with E-state index in [4.69, 9.17) is 10.3 Å². The van der Waals surface area contributed by atoms with E-state index in [0.717, 1.165) is 28.6 Å². The lowest BCUT2D eigenvalue weighted by Gasteiger charge is -2.16. The fraction of sp³-hybridized carbons (Fsp3) is 0.188. The molecule has 2 aromatic heterocycles. The number of fused-ring (bicyclic) bond motifs is 1. The number of para-hydroxylation sites is 1. The van der Waals surface area contributed by atoms with Crippen LogP contribution >= 0.6 is 0 Å². The molecule has 102 valence electrons. The maximum atomic E-state index is 5.72. The van der Waals surface area contributed by atoms with Crippen molar-refractivity contribution in [3.8, 4) is 0 Å². The third-order valence-electron chi connectivity index (χ3n) is 3.64. The zero-order valence-corrected chi connectivity index (χ0v) is 11.3. The number of aromatic nitrogens is 1. The van der Waals surface area contributed by atoms with E-state index in [9.17, 15) is 0 Å². The van der Waals surface area contributed by atoms with Gasteiger partial charge in [0.1, 0.15) is 5.76 Å². The molecular weight excluding hydrogens is 250 g/mol. The number of benzene rings is 1. The smallest absolute Gasteiger partial charge is 0.105 e. The Morgan fingerprint density at radius 2 is 2.10 bits per heavy atom. The third kappa shape index (κ3) is 2.31. The summed E-state index contributed by atoms with van der Waals surface area (Å²) >= 11 is 0. The summed E-state index contributed by atoms with van der Waals surface area (Å²) in [5, 5.41) is 1.16. The molecule has 2 heterocycles. The minimum absolute atomic E-state index is 0.0274. The Morgan fingerprint density at radius 3 is 2.85 bits per heavy atom. The van der Waals surface area contributed by atoms with Crippen LogP contribution in [-0.4, -0.2) is 4.98 Å². The first kappa shape index (κ1) is 12.8. The minimum Gasteiger partial charge on any atom is -0.469 e. The molecule has 0 aliphatic carbocycles. The van der Waals surface area contributed by atoms with E-state index in [-0.39, 0.29) is 6.04 Å². The van der Waals surface area contributed by atoms with E-state index < -0.39 is 0 Å². The van der Waals surface area contributed by atoms with Crippen LogP contribution in [0, 0.1) is 6.92 Å². The van der Waals surface area contributed by atoms with Gasteiger partial charge < -0.3 is 4.42 Å². The maximum Gasteiger partial charge on any atom is 0.105 e. The molecule has 1 aromatic carbocycles. The zero-order chi connectivity index (χ0) is 13.9. The fourth-order valence-corrected chi connectivity index (χ4v) is 2.57. The lowest BCUT2D eigenvalue weighted by Crippen LogP contribution is -2.29. The highest BCUT2D eigenvalue weighted by atomic mass is 16.3. The van der Waals surface area contributed by atoms with Crippen molar-refractivity contribution in [1.82, 2.24) is 10.4 Å². The number of rotatable bonds is 4. The van der Waals surface area contributed by atoms with Gasteiger partial charge in [-0.2, -0.15) is 0 Å². The molecule has 4 heteroatoms. The Labute approximate surface area is 117 Å². The molecule has 4 nitrogen and oxygen atoms in total. The van der Waals surface area contributed by atoms with Gasteiger partial charge in [0.2, 0.25) is 0 Å². The predicted octanol–water partition coefficient (Wildman–Crippen LogP) is 2.88. The maximum absolute atomic E-state index is 5.72. The first-order valence-corrected chi connectivity index (χ1v) is 6.62. The molecule has 0 saturated carbocycles. The number of nitrogens with one attached hydrogen (secondary N) is 1. The van der Waals surface area contributed by atoms with Crippen LogP contribution in [0.25, 0.3) is 10.9 Å². The summed E-state index contributed by atoms with van der Waals surface area (Å²) < 4.78 is 5.36. The fourth-order valence-electron chi connectivity index (χ4n) is 2.57. The highest BCUT2D eigenvalue weighted by Crippen LogP contribution is 2.25. The second-order valence-electron chi connectivity index (χ2n) is 4.84. The normalized spacial score (nSPS) is 12.7. The van der Waals surface area contributed by atoms with Crippen LogP contribution in [0.5, 0.6) is 0 Å². The average molecular weight is 267 g/mol. The molecule has 1 atom stereocenters. The summed E-state index contributed by atoms with van der Waals surface area (Å²) in [6, 6.07) is 12.2. The number of hydrogen-bond acceptors (Lipinski definition) is 4. The first-order chi connectivity index (χ1) is 9.79. The van der Waals surface area contributed by atoms with Gasteiger partial charge in [0.25, 0.3) is 0 Å². The van der Waals surface area contributed by atoms with Gasteiger partial charge in [-0.1, -0.05) is 18.2 Å². The predicted molar refractivity (Wildman–Crippen MR) is 79.0 cm³/mol. The molecular formula is C16H17N3O. The van der Waals surface area contributed by atoms with E-state index in [1.165, 1.54) is 5.56 Å². The van der Waals surface area contributed by atoms with Gasteiger partial charge in [-0.25, -0.2) is 0 Å². The molecule has 0 aliphatic heterocycles. The van der Waals surface area contributed by atoms with Crippen LogP contribution in [0.2, 0.25) is 0 Å². The Kier molecular flexibility index (Phi) is 3.50. The van der Waals surface area contributed by atoms with Crippen molar-refractivity contribution >= 4 is 10.9 Å². The van der Waals surface area contributed by atoms with Crippen LogP contribution in [0.15, 0.2) is 53.3 Å². The number of hydrazine groups is 1. The molecule has 3 aromatic rings. The summed E-state index contributed by atoms with van der Waals surface area (Å²) in [7, 11) is 0. The van der Waals surface area contributed by atoms with Crippen LogP contribution < -0.4 is 11.3 Å². The second-order valence-corrected chi connectivity index (χ2v) is 4.84. The monoisotopic (exact) mass is 267 g/mol. The van der Waals surface area contributed by atoms with E-state index in [2.05, 4.69) is 16.5 Å². The van der Waals surface area contributed by atoms with Gasteiger partial charge in [0, 0.05) is 17.1 Å². The van der Waals surface area contributed by atoms with Crippen molar-refractivity contribution in [2.75, 3.05) is 0 Å². The van der Waals surface area contributed by atoms with Gasteiger partial charge in [0.05, 0.1) is 17.8 Å². The van der Waals surface area contributed by atoms with Crippen molar-refractivity contribution in [2.24, 2.45) is 5.84 Å². The Balaban J connectivity index is 1.98. The molecule has 0 bridgehead atoms. The number of furan rings is 1. The number of nitrogens with zero attached hydrogens (tertiary/aromatic N) is 1. The topological polar surface area (TPSA) is 64.1 Å². The molecule has 20 heavy (non-hydrogen) atoms. The van der Waals surface area contributed by atoms with Gasteiger partial charge >= 0.3 is 0 Å². The van der Waals surface area contributed by atoms with Crippen molar-refractivity contribution in [3.05, 3.63) is 65.7 Å². The van der Waals surface area contributed by atoms with Gasteiger partial charge in [-0.3, -0.25) is 16.3 Å². The highest BCUT2D eigenvalue weighted by Gasteiger charge is 2.16. The molecule has 1 unspecified atom stereocenters. The largest absolute Gasteiger partial charge is 0.469 e. The van der Waals surface area contributed by atoms with E-state index in [1.807, 2.05) is 43.5 Å². The Bertz CT molecular complexity index is 715. The van der Waals surface area contributed by atoms with Crippen molar-refractivity contribution in [2.45, 2.75) is 19.4 Å². The van der Waals surface area contributed by atoms with Gasteiger partial charge in [-0.05, 0) is 37.1 Å². The number of pyridine rings is 1. The molecule has 0 aliphatic rings. The molecule has 0 saturated heterocycles. The molecule has 3 N–H and O–H groups in total. The van der Waals surface area contributed by atoms with Crippen LogP contribution in [0.4, 0.5) is 0 Å². The summed E-state index contributed by atoms with van der Waals surface area (Å²) in [5.74, 6) is 6.61. The molecule has 0 spiro atoms. The van der Waals surface area contributed by atoms with Crippen molar-refractivity contribution < 1.29 is 4.42 Å². The SMILES string of the molecule is Cc1occc1C(Cc1ccnc2ccccc12)NN. The average Bonchev–Trinajstić information content (AvgIpc) is 2.91. The third-order valence-corrected chi connectivity index (χ3v) is 3.64. The van der Waals surface area contributed by atoms with Crippen molar-refractivity contribution in [1.29, 1.82) is 0 Å². The Hall–Kier alpha value is -2.17. The second kappa shape index (κ2) is 5.45. The van der Waals surface area contributed by atoms with Crippen molar-refractivity contribution in [3.63, 3.8) is 0 Å². The molecule has 0 amide bonds. The zero-order valence-electron chi connectivity index (χ0n) is 11.3. The van der Waals surface area contributed by atoms with E-state index in [1.54, 1.807) is 6.26 Å². The van der Waals surface area contributed by atoms with Crippen LogP contribution in [0.3, 0.4) is 0 Å². The highest BCUT2D eigenvalue weighted by molar-refractivity contribution is 5.81. The van der Waals surface area contributed by atoms with Crippen LogP contribution in [0.1, 0.15) is 22.9 Å². The lowest BCUT2D eigenvalue weighted by atomic mass is 9.97. The lowest BCUT2D eigenvalue weighted by molar-refractivity contribution is 0.502. The van der Waals surface area contributed by atoms with E-state index in [0.29, 0.717) is 0 Å². The van der Waals surface area contributed by atoms with Gasteiger partial charge in [0.15, 0.2) is 0 Å². The van der Waals surface area contributed by atoms with Crippen LogP contribution in [-0.2, 0) is 6.42 Å². The summed E-state index contributed by atoms with van der Waals surface area (Å²) in [6.07, 6.45) is 4.33. The summed E-state index contributed by atoms with van der Waals surface area (Å²) in [4.78, 5) is 4.39. The number of aryl methyl sites for hydroxylation is 1. The number of nitrogens with two attached hydrogens (primary N) is 1. The molecule has 0 radical (unpaired) electrons. The molecule has 0 fully saturated rings. The van der Waals surface area contributed by atoms with Gasteiger partial charge in [-0.15, -0.1) is 0 Å². The Morgan fingerprint density at radius 1 is 1.25 bits per heavy atom. The molecule has 3 rings (SSSR count). The van der Waals surface area contributed by atoms with E-state index >= 15 is 0 Å². The summed E-state index contributed by atoms with van der Waals surface area (Å²) in [5.41, 5.74) is 6.19. The first-order valence-electron chi connectivity index (χ1n) is 6.62. The number of hydrogen-bond donors (Lipinski definition) is 2. The minimum atomic E-state index is 0.0274. The summed E-state index contributed by atoms with van der Waals surface area (Å²) in [6.45, 7) is 1.95. The standard InChI is InChI=1S/C16H17N3O/c1-11-13(7-9-20-11)16(19-17)10-12-6-8-18-15-5-3-2-4-14(12)15/h2-9,16,19H,10,17H2,1H3.